The second-order valence-corrected chi connectivity index (χ2v) is 13.1. The third-order valence-corrected chi connectivity index (χ3v) is 9.32. The highest BCUT2D eigenvalue weighted by Crippen LogP contribution is 2.42. The average molecular weight is 773 g/mol. The number of aliphatic imine (C=N–C) groups is 1. The molecule has 53 heavy (non-hydrogen) atoms. The Morgan fingerprint density at radius 2 is 1.81 bits per heavy atom. The van der Waals surface area contributed by atoms with Gasteiger partial charge in [-0.05, 0) is 33.0 Å². The molecule has 2 heterocycles. The summed E-state index contributed by atoms with van der Waals surface area (Å²) in [5, 5.41) is 66.0. The van der Waals surface area contributed by atoms with Crippen molar-refractivity contribution in [3.8, 4) is 0 Å². The Kier molecular flexibility index (Phi) is 14.3. The monoisotopic (exact) mass is 772 g/mol. The van der Waals surface area contributed by atoms with Crippen LogP contribution in [0.15, 0.2) is 28.1 Å². The number of carboxylic acid groups (broad SMARTS) is 1. The van der Waals surface area contributed by atoms with Crippen molar-refractivity contribution in [3.63, 3.8) is 0 Å². The number of hydrogen-bond acceptors (Lipinski definition) is 19. The summed E-state index contributed by atoms with van der Waals surface area (Å²) in [6.07, 6.45) is -15.0. The molecule has 0 aromatic rings. The van der Waals surface area contributed by atoms with E-state index in [0.29, 0.717) is 0 Å². The molecule has 1 aliphatic carbocycles. The molecule has 0 aromatic heterocycles. The number of nitrogens with one attached hydrogen (secondary N) is 1. The molecule has 294 valence electrons. The highest BCUT2D eigenvalue weighted by Gasteiger charge is 2.62. The van der Waals surface area contributed by atoms with E-state index < -0.39 is 132 Å². The normalized spacial score (nSPS) is 34.2. The maximum atomic E-state index is 13.3. The zero-order chi connectivity index (χ0) is 40.2. The van der Waals surface area contributed by atoms with Crippen LogP contribution >= 0.6 is 12.2 Å². The van der Waals surface area contributed by atoms with Gasteiger partial charge in [0.2, 0.25) is 0 Å². The molecule has 2 aliphatic heterocycles. The first-order valence-corrected chi connectivity index (χ1v) is 16.8. The fourth-order valence-corrected chi connectivity index (χ4v) is 6.41. The number of isothiocyanates is 1. The number of thiocarbonyl (C=S) groups is 1. The summed E-state index contributed by atoms with van der Waals surface area (Å²) in [4.78, 5) is 66.0. The summed E-state index contributed by atoms with van der Waals surface area (Å²) in [6.45, 7) is 7.77. The number of allylic oxidation sites excluding steroid dienone is 1. The summed E-state index contributed by atoms with van der Waals surface area (Å²) in [5.41, 5.74) is -7.74. The molecule has 19 nitrogen and oxygen atoms in total. The van der Waals surface area contributed by atoms with Crippen molar-refractivity contribution in [2.45, 2.75) is 121 Å². The van der Waals surface area contributed by atoms with Crippen LogP contribution in [0.4, 0.5) is 0 Å². The van der Waals surface area contributed by atoms with Gasteiger partial charge in [0.1, 0.15) is 54.2 Å². The van der Waals surface area contributed by atoms with E-state index >= 15 is 0 Å². The number of esters is 3. The third-order valence-electron chi connectivity index (χ3n) is 9.23. The van der Waals surface area contributed by atoms with Gasteiger partial charge in [0.15, 0.2) is 35.1 Å². The number of aliphatic hydroxyl groups excluding tert-OH is 2. The molecule has 2 fully saturated rings. The highest BCUT2D eigenvalue weighted by atomic mass is 32.1. The summed E-state index contributed by atoms with van der Waals surface area (Å²) in [6, 6.07) is 0. The third kappa shape index (κ3) is 8.88. The Bertz CT molecular complexity index is 1590. The molecular weight excluding hydrogens is 728 g/mol. The minimum atomic E-state index is -3.03. The van der Waals surface area contributed by atoms with Crippen molar-refractivity contribution < 1.29 is 82.7 Å². The van der Waals surface area contributed by atoms with E-state index in [-0.39, 0.29) is 12.1 Å². The fourth-order valence-electron chi connectivity index (χ4n) is 6.31. The molecule has 6 N–H and O–H groups in total. The lowest BCUT2D eigenvalue weighted by Gasteiger charge is -2.52. The number of Topliss-reactive ketones (excluding diaryl/α,β-unsaturated/α-hetero) is 1. The first-order valence-electron chi connectivity index (χ1n) is 16.4. The van der Waals surface area contributed by atoms with Gasteiger partial charge in [0, 0.05) is 20.5 Å². The summed E-state index contributed by atoms with van der Waals surface area (Å²) in [7, 11) is 1.26. The Hall–Kier alpha value is -3.98. The first-order chi connectivity index (χ1) is 24.7. The van der Waals surface area contributed by atoms with Crippen molar-refractivity contribution in [2.75, 3.05) is 13.7 Å². The van der Waals surface area contributed by atoms with E-state index in [1.165, 1.54) is 34.0 Å². The molecule has 0 amide bonds. The van der Waals surface area contributed by atoms with Crippen LogP contribution in [0.2, 0.25) is 0 Å². The Labute approximate surface area is 309 Å². The maximum Gasteiger partial charge on any atom is 0.357 e. The van der Waals surface area contributed by atoms with Gasteiger partial charge >= 0.3 is 23.9 Å². The molecule has 0 bridgehead atoms. The smallest absolute Gasteiger partial charge is 0.357 e. The topological polar surface area (TPSA) is 287 Å². The van der Waals surface area contributed by atoms with E-state index in [9.17, 15) is 49.5 Å². The van der Waals surface area contributed by atoms with E-state index in [0.717, 1.165) is 6.92 Å². The average Bonchev–Trinajstić information content (AvgIpc) is 3.08. The number of aliphatic hydroxyl groups is 4. The number of nitrogens with zero attached hydrogens (tertiary/aromatic N) is 1. The number of methoxy groups -OCH3 is 1. The quantitative estimate of drug-likeness (QED) is 0.0475. The predicted octanol–water partition coefficient (Wildman–Crippen LogP) is 0.0705. The van der Waals surface area contributed by atoms with E-state index in [1.54, 1.807) is 13.8 Å². The van der Waals surface area contributed by atoms with Gasteiger partial charge in [-0.25, -0.2) is 9.59 Å². The number of carbonyl (C=O) groups is 5. The zero-order valence-corrected chi connectivity index (χ0v) is 30.8. The Morgan fingerprint density at radius 1 is 1.17 bits per heavy atom. The van der Waals surface area contributed by atoms with Crippen LogP contribution in [0.1, 0.15) is 54.4 Å². The second kappa shape index (κ2) is 17.4. The number of carbonyl (C=O) groups excluding carboxylic acids is 4. The zero-order valence-electron chi connectivity index (χ0n) is 30.0. The standard InChI is InChI=1S/C33H44N2O17S/c1-8-17(35-12-53)31(43)52-25-19(11-47-16(6)36)50-28(32(44)10-18(37)23(34)22(27(32)39)29(40)41)24(38)26(25)51-21-9-20(46-7)33(45,14(4)48-21)15(5)49-30(42)13(2)3/h8,13-15,19-21,24-26,28,34,38-39,44-45H,9-11H2,1-7H3,(H,40,41)/b17-8-,34-23?/t14-,15+,19+,20+,21-,24-,25-,26+,28+,32+,33-/m1/s1. The molecule has 0 spiro atoms. The molecule has 20 heteroatoms. The molecule has 2 saturated heterocycles. The maximum absolute atomic E-state index is 13.3. The van der Waals surface area contributed by atoms with Crippen molar-refractivity contribution >= 4 is 52.8 Å². The lowest BCUT2D eigenvalue weighted by molar-refractivity contribution is -0.345. The van der Waals surface area contributed by atoms with Crippen molar-refractivity contribution in [3.05, 3.63) is 23.1 Å². The lowest BCUT2D eigenvalue weighted by Crippen LogP contribution is -2.70. The molecule has 0 unspecified atom stereocenters. The number of ketones is 1. The SMILES string of the molecule is C/C=C(\N=C=S)C(=O)O[C@H]1[C@@H](O[C@@H]2C[C@H](OC)[C@](O)([C@H](C)OC(=O)C(C)C)[C@@H](C)O2)[C@@H](O)[C@@H]([C@]2(O)CC(=O)C(=N)C(C(=O)O)=C2O)O[C@H]1COC(C)=O. The fraction of sp³-hybridized carbons (Fsp3) is 0.667. The summed E-state index contributed by atoms with van der Waals surface area (Å²) < 4.78 is 39.9. The van der Waals surface area contributed by atoms with Gasteiger partial charge in [-0.1, -0.05) is 19.9 Å². The van der Waals surface area contributed by atoms with Crippen molar-refractivity contribution in [1.82, 2.24) is 0 Å². The number of rotatable bonds is 13. The number of hydrogen-bond donors (Lipinski definition) is 6. The van der Waals surface area contributed by atoms with Gasteiger partial charge in [-0.15, -0.1) is 0 Å². The van der Waals surface area contributed by atoms with Crippen LogP contribution in [0.25, 0.3) is 0 Å². The minimum absolute atomic E-state index is 0.325. The van der Waals surface area contributed by atoms with Gasteiger partial charge in [-0.2, -0.15) is 4.99 Å². The largest absolute Gasteiger partial charge is 0.508 e. The van der Waals surface area contributed by atoms with E-state index in [4.69, 9.17) is 38.6 Å². The number of aliphatic carboxylic acids is 1. The van der Waals surface area contributed by atoms with Crippen LogP contribution in [-0.4, -0.2) is 146 Å². The van der Waals surface area contributed by atoms with Crippen LogP contribution < -0.4 is 0 Å². The van der Waals surface area contributed by atoms with Gasteiger partial charge in [0.05, 0.1) is 29.7 Å². The van der Waals surface area contributed by atoms with E-state index in [2.05, 4.69) is 17.2 Å². The van der Waals surface area contributed by atoms with Gasteiger partial charge < -0.3 is 58.7 Å². The Morgan fingerprint density at radius 3 is 2.34 bits per heavy atom. The van der Waals surface area contributed by atoms with Crippen LogP contribution in [0.3, 0.4) is 0 Å². The first kappa shape index (κ1) is 43.4. The van der Waals surface area contributed by atoms with Crippen molar-refractivity contribution in [1.29, 1.82) is 5.41 Å². The molecule has 3 rings (SSSR count). The predicted molar refractivity (Wildman–Crippen MR) is 180 cm³/mol. The summed E-state index contributed by atoms with van der Waals surface area (Å²) >= 11 is 4.60. The summed E-state index contributed by atoms with van der Waals surface area (Å²) in [5.74, 6) is -7.74. The molecule has 3 aliphatic rings. The highest BCUT2D eigenvalue weighted by molar-refractivity contribution is 7.78. The molecular formula is C33H44N2O17S. The van der Waals surface area contributed by atoms with Gasteiger partial charge in [-0.3, -0.25) is 19.8 Å². The molecule has 0 saturated carbocycles. The van der Waals surface area contributed by atoms with Crippen LogP contribution in [-0.2, 0) is 57.1 Å². The molecule has 0 radical (unpaired) electrons. The van der Waals surface area contributed by atoms with Gasteiger partial charge in [0.25, 0.3) is 0 Å². The van der Waals surface area contributed by atoms with Crippen LogP contribution in [0, 0.1) is 11.3 Å². The lowest BCUT2D eigenvalue weighted by atomic mass is 9.74. The number of carboxylic acids is 1. The van der Waals surface area contributed by atoms with E-state index in [1.807, 2.05) is 5.16 Å². The second-order valence-electron chi connectivity index (χ2n) is 13.0. The number of ether oxygens (including phenoxy) is 7. The Balaban J connectivity index is 2.15. The minimum Gasteiger partial charge on any atom is -0.508 e. The molecule has 0 aromatic carbocycles. The molecule has 11 atom stereocenters. The van der Waals surface area contributed by atoms with Crippen LogP contribution in [0.5, 0.6) is 0 Å². The van der Waals surface area contributed by atoms with Crippen molar-refractivity contribution in [2.24, 2.45) is 10.9 Å².